The van der Waals surface area contributed by atoms with Gasteiger partial charge in [0, 0.05) is 18.3 Å². The molecule has 1 aliphatic heterocycles. The first-order valence-corrected chi connectivity index (χ1v) is 7.31. The summed E-state index contributed by atoms with van der Waals surface area (Å²) in [5.41, 5.74) is 1.04. The smallest absolute Gasteiger partial charge is 0.412 e. The van der Waals surface area contributed by atoms with Gasteiger partial charge in [0.15, 0.2) is 0 Å². The molecule has 1 aromatic carbocycles. The summed E-state index contributed by atoms with van der Waals surface area (Å²) < 4.78 is 5.21. The molecule has 1 aliphatic rings. The van der Waals surface area contributed by atoms with Crippen molar-refractivity contribution in [2.75, 3.05) is 11.9 Å². The van der Waals surface area contributed by atoms with Crippen LogP contribution in [0.1, 0.15) is 38.8 Å². The van der Waals surface area contributed by atoms with Crippen LogP contribution in [0.15, 0.2) is 24.3 Å². The predicted octanol–water partition coefficient (Wildman–Crippen LogP) is 2.77. The lowest BCUT2D eigenvalue weighted by Crippen LogP contribution is -2.27. The van der Waals surface area contributed by atoms with Crippen LogP contribution in [-0.2, 0) is 9.53 Å². The Kier molecular flexibility index (Phi) is 4.71. The van der Waals surface area contributed by atoms with Crippen LogP contribution >= 0.6 is 0 Å². The van der Waals surface area contributed by atoms with Gasteiger partial charge in [0.05, 0.1) is 5.92 Å². The monoisotopic (exact) mass is 306 g/mol. The second-order valence-electron chi connectivity index (χ2n) is 6.48. The average Bonchev–Trinajstić information content (AvgIpc) is 2.86. The van der Waals surface area contributed by atoms with Crippen LogP contribution in [0.5, 0.6) is 0 Å². The molecule has 0 radical (unpaired) electrons. The Hall–Kier alpha value is -2.08. The van der Waals surface area contributed by atoms with E-state index >= 15 is 0 Å². The molecule has 6 heteroatoms. The number of carbonyl (C=O) groups excluding carboxylic acids is 1. The van der Waals surface area contributed by atoms with Crippen LogP contribution in [0.3, 0.4) is 0 Å². The summed E-state index contributed by atoms with van der Waals surface area (Å²) >= 11 is 0. The number of carbonyl (C=O) groups is 2. The first-order chi connectivity index (χ1) is 10.2. The fraction of sp³-hybridized carbons (Fsp3) is 0.500. The Balaban J connectivity index is 2.02. The molecule has 2 rings (SSSR count). The van der Waals surface area contributed by atoms with E-state index in [2.05, 4.69) is 10.6 Å². The molecule has 1 saturated heterocycles. The summed E-state index contributed by atoms with van der Waals surface area (Å²) in [4.78, 5) is 22.8. The number of rotatable bonds is 3. The lowest BCUT2D eigenvalue weighted by Gasteiger charge is -2.20. The molecular weight excluding hydrogens is 284 g/mol. The highest BCUT2D eigenvalue weighted by molar-refractivity contribution is 5.85. The van der Waals surface area contributed by atoms with Gasteiger partial charge in [0.2, 0.25) is 0 Å². The third-order valence-electron chi connectivity index (χ3n) is 3.41. The molecule has 2 atom stereocenters. The molecular formula is C16H22N2O4. The van der Waals surface area contributed by atoms with E-state index < -0.39 is 17.7 Å². The maximum Gasteiger partial charge on any atom is 0.412 e. The van der Waals surface area contributed by atoms with Crippen molar-refractivity contribution < 1.29 is 19.4 Å². The number of carboxylic acids is 1. The Bertz CT molecular complexity index is 566. The van der Waals surface area contributed by atoms with Gasteiger partial charge in [0.25, 0.3) is 0 Å². The molecule has 2 unspecified atom stereocenters. The topological polar surface area (TPSA) is 87.7 Å². The summed E-state index contributed by atoms with van der Waals surface area (Å²) in [6.07, 6.45) is 0.0399. The number of nitrogens with one attached hydrogen (secondary N) is 2. The molecule has 120 valence electrons. The van der Waals surface area contributed by atoms with Crippen molar-refractivity contribution in [3.63, 3.8) is 0 Å². The van der Waals surface area contributed by atoms with E-state index in [9.17, 15) is 9.59 Å². The molecule has 1 heterocycles. The summed E-state index contributed by atoms with van der Waals surface area (Å²) in [5.74, 6) is -1.15. The largest absolute Gasteiger partial charge is 0.481 e. The van der Waals surface area contributed by atoms with E-state index in [0.29, 0.717) is 18.7 Å². The summed E-state index contributed by atoms with van der Waals surface area (Å²) in [5, 5.41) is 14.9. The second-order valence-corrected chi connectivity index (χ2v) is 6.48. The quantitative estimate of drug-likeness (QED) is 0.799. The Morgan fingerprint density at radius 1 is 1.36 bits per heavy atom. The van der Waals surface area contributed by atoms with E-state index in [4.69, 9.17) is 9.84 Å². The standard InChI is InChI=1S/C16H22N2O4/c1-16(2,3)22-15(21)18-12-6-4-5-10(7-12)13-8-11(9-17-13)14(19)20/h4-7,11,13,17H,8-9H2,1-3H3,(H,18,21)(H,19,20). The number of aliphatic carboxylic acids is 1. The zero-order chi connectivity index (χ0) is 16.3. The summed E-state index contributed by atoms with van der Waals surface area (Å²) in [6.45, 7) is 5.87. The Morgan fingerprint density at radius 2 is 2.09 bits per heavy atom. The summed E-state index contributed by atoms with van der Waals surface area (Å²) in [6, 6.07) is 7.35. The molecule has 3 N–H and O–H groups in total. The average molecular weight is 306 g/mol. The SMILES string of the molecule is CC(C)(C)OC(=O)Nc1cccc(C2CC(C(=O)O)CN2)c1. The van der Waals surface area contributed by atoms with Gasteiger partial charge in [-0.2, -0.15) is 0 Å². The van der Waals surface area contributed by atoms with Crippen molar-refractivity contribution in [3.05, 3.63) is 29.8 Å². The van der Waals surface area contributed by atoms with Crippen LogP contribution < -0.4 is 10.6 Å². The van der Waals surface area contributed by atoms with Gasteiger partial charge in [-0.1, -0.05) is 12.1 Å². The maximum atomic E-state index is 11.8. The third-order valence-corrected chi connectivity index (χ3v) is 3.41. The zero-order valence-corrected chi connectivity index (χ0v) is 13.1. The Labute approximate surface area is 129 Å². The minimum atomic E-state index is -0.780. The number of anilines is 1. The minimum absolute atomic E-state index is 0.0125. The van der Waals surface area contributed by atoms with Gasteiger partial charge in [-0.15, -0.1) is 0 Å². The second kappa shape index (κ2) is 6.36. The highest BCUT2D eigenvalue weighted by Crippen LogP contribution is 2.28. The molecule has 0 bridgehead atoms. The van der Waals surface area contributed by atoms with Gasteiger partial charge in [-0.3, -0.25) is 10.1 Å². The predicted molar refractivity (Wildman–Crippen MR) is 82.8 cm³/mol. The number of amides is 1. The fourth-order valence-electron chi connectivity index (χ4n) is 2.43. The number of hydrogen-bond acceptors (Lipinski definition) is 4. The lowest BCUT2D eigenvalue weighted by atomic mass is 10.00. The summed E-state index contributed by atoms with van der Waals surface area (Å²) in [7, 11) is 0. The molecule has 0 saturated carbocycles. The number of hydrogen-bond donors (Lipinski definition) is 3. The first-order valence-electron chi connectivity index (χ1n) is 7.31. The molecule has 1 aromatic rings. The number of ether oxygens (including phenoxy) is 1. The first kappa shape index (κ1) is 16.3. The van der Waals surface area contributed by atoms with Gasteiger partial charge < -0.3 is 15.2 Å². The van der Waals surface area contributed by atoms with Gasteiger partial charge in [-0.05, 0) is 44.9 Å². The zero-order valence-electron chi connectivity index (χ0n) is 13.1. The van der Waals surface area contributed by atoms with Crippen molar-refractivity contribution in [2.45, 2.75) is 38.8 Å². The van der Waals surface area contributed by atoms with E-state index in [-0.39, 0.29) is 12.0 Å². The van der Waals surface area contributed by atoms with Crippen molar-refractivity contribution in [3.8, 4) is 0 Å². The highest BCUT2D eigenvalue weighted by Gasteiger charge is 2.30. The third kappa shape index (κ3) is 4.46. The van der Waals surface area contributed by atoms with E-state index in [1.54, 1.807) is 26.8 Å². The minimum Gasteiger partial charge on any atom is -0.481 e. The van der Waals surface area contributed by atoms with Crippen molar-refractivity contribution in [2.24, 2.45) is 5.92 Å². The van der Waals surface area contributed by atoms with Crippen LogP contribution in [0.4, 0.5) is 10.5 Å². The molecule has 0 aromatic heterocycles. The molecule has 22 heavy (non-hydrogen) atoms. The Morgan fingerprint density at radius 3 is 2.68 bits per heavy atom. The molecule has 0 spiro atoms. The van der Waals surface area contributed by atoms with Crippen LogP contribution in [0.25, 0.3) is 0 Å². The van der Waals surface area contributed by atoms with Crippen LogP contribution in [-0.4, -0.2) is 29.3 Å². The normalized spacial score (nSPS) is 21.4. The molecule has 0 aliphatic carbocycles. The number of benzene rings is 1. The van der Waals surface area contributed by atoms with Crippen molar-refractivity contribution >= 4 is 17.7 Å². The van der Waals surface area contributed by atoms with Crippen molar-refractivity contribution in [1.82, 2.24) is 5.32 Å². The van der Waals surface area contributed by atoms with E-state index in [1.807, 2.05) is 18.2 Å². The van der Waals surface area contributed by atoms with Gasteiger partial charge in [-0.25, -0.2) is 4.79 Å². The maximum absolute atomic E-state index is 11.8. The molecule has 1 amide bonds. The highest BCUT2D eigenvalue weighted by atomic mass is 16.6. The van der Waals surface area contributed by atoms with Gasteiger partial charge in [0.1, 0.15) is 5.60 Å². The van der Waals surface area contributed by atoms with Crippen LogP contribution in [0, 0.1) is 5.92 Å². The van der Waals surface area contributed by atoms with E-state index in [0.717, 1.165) is 5.56 Å². The van der Waals surface area contributed by atoms with Crippen molar-refractivity contribution in [1.29, 1.82) is 0 Å². The lowest BCUT2D eigenvalue weighted by molar-refractivity contribution is -0.141. The fourth-order valence-corrected chi connectivity index (χ4v) is 2.43. The molecule has 1 fully saturated rings. The molecule has 6 nitrogen and oxygen atoms in total. The van der Waals surface area contributed by atoms with Gasteiger partial charge >= 0.3 is 12.1 Å². The van der Waals surface area contributed by atoms with E-state index in [1.165, 1.54) is 0 Å². The number of carboxylic acid groups (broad SMARTS) is 1. The van der Waals surface area contributed by atoms with Crippen LogP contribution in [0.2, 0.25) is 0 Å².